The molecule has 0 radical (unpaired) electrons. The van der Waals surface area contributed by atoms with Crippen LogP contribution in [0.4, 0.5) is 16.3 Å². The van der Waals surface area contributed by atoms with Crippen molar-refractivity contribution >= 4 is 17.6 Å². The summed E-state index contributed by atoms with van der Waals surface area (Å²) in [7, 11) is 0. The average molecular weight is 389 g/mol. The van der Waals surface area contributed by atoms with Gasteiger partial charge in [-0.1, -0.05) is 6.92 Å². The molecular weight excluding hydrogens is 366 g/mol. The van der Waals surface area contributed by atoms with Crippen molar-refractivity contribution in [2.75, 3.05) is 24.5 Å². The van der Waals surface area contributed by atoms with E-state index in [9.17, 15) is 15.2 Å². The summed E-state index contributed by atoms with van der Waals surface area (Å²) < 4.78 is 0. The molecule has 1 fully saturated rings. The molecule has 1 aliphatic carbocycles. The number of benzene rings is 1. The Morgan fingerprint density at radius 1 is 1.31 bits per heavy atom. The lowest BCUT2D eigenvalue weighted by Gasteiger charge is -2.39. The number of likely N-dealkylation sites (tertiary alicyclic amines) is 1. The van der Waals surface area contributed by atoms with E-state index in [0.717, 1.165) is 55.0 Å². The number of hydrogen-bond donors (Lipinski definition) is 1. The van der Waals surface area contributed by atoms with E-state index in [1.165, 1.54) is 10.5 Å². The van der Waals surface area contributed by atoms with Crippen LogP contribution in [0.5, 0.6) is 0 Å². The zero-order chi connectivity index (χ0) is 20.2. The molecule has 5 rings (SSSR count). The van der Waals surface area contributed by atoms with Gasteiger partial charge < -0.3 is 14.9 Å². The molecule has 0 bridgehead atoms. The molecular formula is C22H23N5O2. The van der Waals surface area contributed by atoms with Crippen molar-refractivity contribution in [3.05, 3.63) is 46.9 Å². The van der Waals surface area contributed by atoms with Gasteiger partial charge in [0.1, 0.15) is 12.1 Å². The summed E-state index contributed by atoms with van der Waals surface area (Å²) in [6.07, 6.45) is 4.38. The molecule has 2 aliphatic heterocycles. The van der Waals surface area contributed by atoms with E-state index in [1.807, 2.05) is 18.2 Å². The number of anilines is 2. The molecule has 0 saturated carbocycles. The minimum Gasteiger partial charge on any atom is -0.465 e. The lowest BCUT2D eigenvalue weighted by molar-refractivity contribution is 0.119. The van der Waals surface area contributed by atoms with E-state index in [1.54, 1.807) is 6.33 Å². The van der Waals surface area contributed by atoms with Crippen molar-refractivity contribution in [1.82, 2.24) is 14.9 Å². The first-order chi connectivity index (χ1) is 14.0. The zero-order valence-corrected chi connectivity index (χ0v) is 16.4. The second-order valence-electron chi connectivity index (χ2n) is 8.48. The predicted octanol–water partition coefficient (Wildman–Crippen LogP) is 3.56. The normalized spacial score (nSPS) is 21.7. The largest absolute Gasteiger partial charge is 0.465 e. The third-order valence-corrected chi connectivity index (χ3v) is 6.95. The van der Waals surface area contributed by atoms with Crippen LogP contribution in [0.1, 0.15) is 54.5 Å². The Hall–Kier alpha value is -3.14. The van der Waals surface area contributed by atoms with Gasteiger partial charge in [0.2, 0.25) is 0 Å². The molecule has 2 aromatic rings. The Morgan fingerprint density at radius 3 is 2.83 bits per heavy atom. The van der Waals surface area contributed by atoms with Crippen LogP contribution >= 0.6 is 0 Å². The van der Waals surface area contributed by atoms with Crippen LogP contribution < -0.4 is 4.90 Å². The summed E-state index contributed by atoms with van der Waals surface area (Å²) in [6.45, 7) is 4.02. The van der Waals surface area contributed by atoms with Crippen LogP contribution in [0.15, 0.2) is 24.5 Å². The molecule has 1 aromatic heterocycles. The molecule has 1 saturated heterocycles. The molecule has 148 valence electrons. The minimum atomic E-state index is -0.858. The molecule has 3 aliphatic rings. The van der Waals surface area contributed by atoms with Crippen LogP contribution in [0.25, 0.3) is 0 Å². The van der Waals surface area contributed by atoms with Gasteiger partial charge in [-0.3, -0.25) is 0 Å². The highest BCUT2D eigenvalue weighted by molar-refractivity contribution is 5.75. The van der Waals surface area contributed by atoms with Crippen LogP contribution in [0, 0.1) is 11.3 Å². The highest BCUT2D eigenvalue weighted by Crippen LogP contribution is 2.51. The quantitative estimate of drug-likeness (QED) is 0.801. The Kier molecular flexibility index (Phi) is 3.98. The van der Waals surface area contributed by atoms with Gasteiger partial charge in [-0.05, 0) is 55.4 Å². The second kappa shape index (κ2) is 6.45. The Labute approximate surface area is 169 Å². The standard InChI is InChI=1S/C22H23N5O2/c1-14-2-4-17-19(14)20(25-13-24-17)27-12-22(6-8-26(9-7-22)21(28)29)16-10-15(11-23)3-5-18(16)27/h3,5,10,13-14H,2,4,6-9,12H2,1H3,(H,28,29). The Morgan fingerprint density at radius 2 is 2.10 bits per heavy atom. The highest BCUT2D eigenvalue weighted by Gasteiger charge is 2.47. The Bertz CT molecular complexity index is 1040. The third-order valence-electron chi connectivity index (χ3n) is 6.95. The average Bonchev–Trinajstić information content (AvgIpc) is 3.27. The predicted molar refractivity (Wildman–Crippen MR) is 107 cm³/mol. The molecule has 7 nitrogen and oxygen atoms in total. The number of nitrogens with zero attached hydrogens (tertiary/aromatic N) is 5. The molecule has 1 spiro atoms. The van der Waals surface area contributed by atoms with E-state index < -0.39 is 6.09 Å². The number of carboxylic acid groups (broad SMARTS) is 1. The monoisotopic (exact) mass is 389 g/mol. The Balaban J connectivity index is 1.60. The number of amides is 1. The van der Waals surface area contributed by atoms with Gasteiger partial charge in [0.05, 0.1) is 11.6 Å². The van der Waals surface area contributed by atoms with Crippen molar-refractivity contribution in [2.45, 2.75) is 43.9 Å². The van der Waals surface area contributed by atoms with Crippen LogP contribution in [0.3, 0.4) is 0 Å². The van der Waals surface area contributed by atoms with Crippen molar-refractivity contribution in [3.8, 4) is 6.07 Å². The molecule has 1 amide bonds. The zero-order valence-electron chi connectivity index (χ0n) is 16.4. The number of aromatic nitrogens is 2. The van der Waals surface area contributed by atoms with E-state index in [2.05, 4.69) is 22.9 Å². The van der Waals surface area contributed by atoms with Gasteiger partial charge in [-0.25, -0.2) is 14.8 Å². The summed E-state index contributed by atoms with van der Waals surface area (Å²) in [6, 6.07) is 8.15. The fraction of sp³-hybridized carbons (Fsp3) is 0.455. The molecule has 1 N–H and O–H groups in total. The number of hydrogen-bond acceptors (Lipinski definition) is 5. The maximum atomic E-state index is 11.4. The number of nitriles is 1. The van der Waals surface area contributed by atoms with Crippen LogP contribution in [-0.4, -0.2) is 45.7 Å². The summed E-state index contributed by atoms with van der Waals surface area (Å²) in [5, 5.41) is 18.8. The van der Waals surface area contributed by atoms with Gasteiger partial charge in [0.25, 0.3) is 0 Å². The molecule has 7 heteroatoms. The second-order valence-corrected chi connectivity index (χ2v) is 8.48. The fourth-order valence-electron chi connectivity index (χ4n) is 5.32. The number of rotatable bonds is 1. The van der Waals surface area contributed by atoms with Gasteiger partial charge in [0, 0.05) is 42.0 Å². The smallest absolute Gasteiger partial charge is 0.407 e. The summed E-state index contributed by atoms with van der Waals surface area (Å²) in [5.74, 6) is 1.40. The number of fused-ring (bicyclic) bond motifs is 3. The number of aryl methyl sites for hydroxylation is 1. The highest BCUT2D eigenvalue weighted by atomic mass is 16.4. The van der Waals surface area contributed by atoms with Gasteiger partial charge >= 0.3 is 6.09 Å². The first-order valence-electron chi connectivity index (χ1n) is 10.2. The van der Waals surface area contributed by atoms with Crippen LogP contribution in [0.2, 0.25) is 0 Å². The minimum absolute atomic E-state index is 0.159. The van der Waals surface area contributed by atoms with Crippen molar-refractivity contribution < 1.29 is 9.90 Å². The molecule has 3 heterocycles. The van der Waals surface area contributed by atoms with Gasteiger partial charge in [-0.2, -0.15) is 5.26 Å². The van der Waals surface area contributed by atoms with Crippen molar-refractivity contribution in [2.24, 2.45) is 0 Å². The topological polar surface area (TPSA) is 93.3 Å². The molecule has 1 atom stereocenters. The van der Waals surface area contributed by atoms with Gasteiger partial charge in [-0.15, -0.1) is 0 Å². The van der Waals surface area contributed by atoms with E-state index in [-0.39, 0.29) is 5.41 Å². The molecule has 29 heavy (non-hydrogen) atoms. The lowest BCUT2D eigenvalue weighted by Crippen LogP contribution is -2.46. The number of carbonyl (C=O) groups is 1. The fourth-order valence-corrected chi connectivity index (χ4v) is 5.32. The molecule has 1 aromatic carbocycles. The SMILES string of the molecule is CC1CCc2ncnc(N3CC4(CCN(C(=O)O)CC4)c4cc(C#N)ccc43)c21. The van der Waals surface area contributed by atoms with Crippen molar-refractivity contribution in [1.29, 1.82) is 5.26 Å². The van der Waals surface area contributed by atoms with E-state index in [4.69, 9.17) is 4.98 Å². The number of piperidine rings is 1. The maximum absolute atomic E-state index is 11.4. The van der Waals surface area contributed by atoms with Gasteiger partial charge in [0.15, 0.2) is 0 Å². The molecule has 1 unspecified atom stereocenters. The van der Waals surface area contributed by atoms with Crippen LogP contribution in [-0.2, 0) is 11.8 Å². The first kappa shape index (κ1) is 17.9. The summed E-state index contributed by atoms with van der Waals surface area (Å²) >= 11 is 0. The van der Waals surface area contributed by atoms with E-state index >= 15 is 0 Å². The summed E-state index contributed by atoms with van der Waals surface area (Å²) in [4.78, 5) is 24.4. The lowest BCUT2D eigenvalue weighted by atomic mass is 9.74. The summed E-state index contributed by atoms with van der Waals surface area (Å²) in [5.41, 5.74) is 5.11. The first-order valence-corrected chi connectivity index (χ1v) is 10.2. The maximum Gasteiger partial charge on any atom is 0.407 e. The van der Waals surface area contributed by atoms with E-state index in [0.29, 0.717) is 24.6 Å². The van der Waals surface area contributed by atoms with Crippen molar-refractivity contribution in [3.63, 3.8) is 0 Å². The third kappa shape index (κ3) is 2.66.